The molecule has 2 rings (SSSR count). The number of hydrogen-bond donors (Lipinski definition) is 1. The largest absolute Gasteiger partial charge is 0.392 e. The Hall–Kier alpha value is -1.74. The van der Waals surface area contributed by atoms with Gasteiger partial charge in [-0.2, -0.15) is 0 Å². The molecule has 0 radical (unpaired) electrons. The van der Waals surface area contributed by atoms with Crippen LogP contribution in [-0.2, 0) is 12.8 Å². The molecule has 1 unspecified atom stereocenters. The summed E-state index contributed by atoms with van der Waals surface area (Å²) in [5.41, 5.74) is 2.69. The highest BCUT2D eigenvalue weighted by Gasteiger charge is 2.10. The summed E-state index contributed by atoms with van der Waals surface area (Å²) >= 11 is 0. The van der Waals surface area contributed by atoms with Crippen molar-refractivity contribution in [2.45, 2.75) is 25.9 Å². The second kappa shape index (κ2) is 5.74. The Bertz CT molecular complexity index is 513. The van der Waals surface area contributed by atoms with Crippen molar-refractivity contribution in [2.24, 2.45) is 0 Å². The summed E-state index contributed by atoms with van der Waals surface area (Å²) in [7, 11) is 0. The van der Waals surface area contributed by atoms with E-state index >= 15 is 0 Å². The summed E-state index contributed by atoms with van der Waals surface area (Å²) in [5, 5.41) is 10.0. The van der Waals surface area contributed by atoms with Crippen LogP contribution >= 0.6 is 0 Å². The number of hydrogen-bond acceptors (Lipinski definition) is 2. The van der Waals surface area contributed by atoms with E-state index in [1.165, 1.54) is 12.1 Å². The first-order chi connectivity index (χ1) is 8.65. The molecule has 2 aromatic rings. The predicted molar refractivity (Wildman–Crippen MR) is 68.8 cm³/mol. The highest BCUT2D eigenvalue weighted by Crippen LogP contribution is 2.14. The van der Waals surface area contributed by atoms with Crippen LogP contribution in [0.4, 0.5) is 4.39 Å². The smallest absolute Gasteiger partial charge is 0.123 e. The SMILES string of the molecule is Cc1ccc(F)cc1CC(O)Cc1ccccn1. The first-order valence-electron chi connectivity index (χ1n) is 5.98. The predicted octanol–water partition coefficient (Wildman–Crippen LogP) is 2.68. The van der Waals surface area contributed by atoms with Gasteiger partial charge in [0, 0.05) is 18.3 Å². The Morgan fingerprint density at radius 3 is 2.78 bits per heavy atom. The number of rotatable bonds is 4. The molecule has 3 heteroatoms. The van der Waals surface area contributed by atoms with Gasteiger partial charge in [-0.15, -0.1) is 0 Å². The molecule has 1 aromatic carbocycles. The van der Waals surface area contributed by atoms with Gasteiger partial charge in [0.2, 0.25) is 0 Å². The van der Waals surface area contributed by atoms with E-state index in [-0.39, 0.29) is 5.82 Å². The third-order valence-electron chi connectivity index (χ3n) is 2.94. The fourth-order valence-electron chi connectivity index (χ4n) is 1.95. The maximum atomic E-state index is 13.1. The monoisotopic (exact) mass is 245 g/mol. The van der Waals surface area contributed by atoms with Crippen LogP contribution in [0.15, 0.2) is 42.6 Å². The van der Waals surface area contributed by atoms with Crippen molar-refractivity contribution in [2.75, 3.05) is 0 Å². The van der Waals surface area contributed by atoms with E-state index in [0.717, 1.165) is 16.8 Å². The number of halogens is 1. The lowest BCUT2D eigenvalue weighted by Gasteiger charge is -2.12. The van der Waals surface area contributed by atoms with Crippen LogP contribution in [0.1, 0.15) is 16.8 Å². The number of aliphatic hydroxyl groups excluding tert-OH is 1. The quantitative estimate of drug-likeness (QED) is 0.898. The fraction of sp³-hybridized carbons (Fsp3) is 0.267. The summed E-state index contributed by atoms with van der Waals surface area (Å²) < 4.78 is 13.1. The molecule has 1 N–H and O–H groups in total. The van der Waals surface area contributed by atoms with E-state index in [4.69, 9.17) is 0 Å². The maximum Gasteiger partial charge on any atom is 0.123 e. The molecule has 0 spiro atoms. The first-order valence-corrected chi connectivity index (χ1v) is 5.98. The summed E-state index contributed by atoms with van der Waals surface area (Å²) in [6.07, 6.45) is 2.09. The van der Waals surface area contributed by atoms with E-state index in [9.17, 15) is 9.50 Å². The topological polar surface area (TPSA) is 33.1 Å². The van der Waals surface area contributed by atoms with Gasteiger partial charge in [0.05, 0.1) is 6.10 Å². The lowest BCUT2D eigenvalue weighted by atomic mass is 10.00. The average molecular weight is 245 g/mol. The molecule has 0 aliphatic rings. The van der Waals surface area contributed by atoms with Crippen molar-refractivity contribution >= 4 is 0 Å². The van der Waals surface area contributed by atoms with Crippen molar-refractivity contribution < 1.29 is 9.50 Å². The number of aryl methyl sites for hydroxylation is 1. The minimum atomic E-state index is -0.541. The number of nitrogens with zero attached hydrogens (tertiary/aromatic N) is 1. The summed E-state index contributed by atoms with van der Waals surface area (Å²) in [6, 6.07) is 10.3. The van der Waals surface area contributed by atoms with E-state index in [0.29, 0.717) is 12.8 Å². The fourth-order valence-corrected chi connectivity index (χ4v) is 1.95. The van der Waals surface area contributed by atoms with E-state index in [2.05, 4.69) is 4.98 Å². The Balaban J connectivity index is 2.03. The second-order valence-electron chi connectivity index (χ2n) is 4.45. The summed E-state index contributed by atoms with van der Waals surface area (Å²) in [4.78, 5) is 4.17. The highest BCUT2D eigenvalue weighted by molar-refractivity contribution is 5.27. The first kappa shape index (κ1) is 12.7. The van der Waals surface area contributed by atoms with Crippen molar-refractivity contribution in [1.82, 2.24) is 4.98 Å². The molecule has 2 nitrogen and oxygen atoms in total. The zero-order valence-electron chi connectivity index (χ0n) is 10.3. The van der Waals surface area contributed by atoms with Gasteiger partial charge in [0.15, 0.2) is 0 Å². The molecule has 0 fully saturated rings. The van der Waals surface area contributed by atoms with E-state index < -0.39 is 6.10 Å². The van der Waals surface area contributed by atoms with Crippen molar-refractivity contribution in [3.8, 4) is 0 Å². The molecule has 0 aliphatic carbocycles. The van der Waals surface area contributed by atoms with Crippen molar-refractivity contribution in [3.05, 3.63) is 65.2 Å². The minimum Gasteiger partial charge on any atom is -0.392 e. The van der Waals surface area contributed by atoms with Gasteiger partial charge >= 0.3 is 0 Å². The Labute approximate surface area is 106 Å². The lowest BCUT2D eigenvalue weighted by molar-refractivity contribution is 0.174. The number of pyridine rings is 1. The van der Waals surface area contributed by atoms with Gasteiger partial charge in [-0.25, -0.2) is 4.39 Å². The van der Waals surface area contributed by atoms with Crippen LogP contribution in [0, 0.1) is 12.7 Å². The third kappa shape index (κ3) is 3.37. The van der Waals surface area contributed by atoms with Crippen LogP contribution in [0.2, 0.25) is 0 Å². The molecule has 1 heterocycles. The minimum absolute atomic E-state index is 0.263. The van der Waals surface area contributed by atoms with Gasteiger partial charge in [-0.3, -0.25) is 4.98 Å². The zero-order valence-corrected chi connectivity index (χ0v) is 10.3. The molecular weight excluding hydrogens is 229 g/mol. The van der Waals surface area contributed by atoms with Crippen LogP contribution in [0.5, 0.6) is 0 Å². The third-order valence-corrected chi connectivity index (χ3v) is 2.94. The molecule has 0 aliphatic heterocycles. The van der Waals surface area contributed by atoms with Gasteiger partial charge < -0.3 is 5.11 Å². The van der Waals surface area contributed by atoms with Gasteiger partial charge in [0.25, 0.3) is 0 Å². The number of aliphatic hydroxyl groups is 1. The number of aromatic nitrogens is 1. The Morgan fingerprint density at radius 1 is 1.22 bits per heavy atom. The number of benzene rings is 1. The summed E-state index contributed by atoms with van der Waals surface area (Å²) in [6.45, 7) is 1.92. The molecule has 0 amide bonds. The van der Waals surface area contributed by atoms with Crippen LogP contribution < -0.4 is 0 Å². The Kier molecular flexibility index (Phi) is 4.05. The van der Waals surface area contributed by atoms with Crippen LogP contribution in [0.25, 0.3) is 0 Å². The van der Waals surface area contributed by atoms with Crippen LogP contribution in [-0.4, -0.2) is 16.2 Å². The molecule has 1 atom stereocenters. The second-order valence-corrected chi connectivity index (χ2v) is 4.45. The molecule has 1 aromatic heterocycles. The molecule has 94 valence electrons. The standard InChI is InChI=1S/C15H16FNO/c1-11-5-6-13(16)8-12(11)9-15(18)10-14-4-2-3-7-17-14/h2-8,15,18H,9-10H2,1H3. The summed E-state index contributed by atoms with van der Waals surface area (Å²) in [5.74, 6) is -0.263. The average Bonchev–Trinajstić information content (AvgIpc) is 2.35. The normalized spacial score (nSPS) is 12.4. The lowest BCUT2D eigenvalue weighted by Crippen LogP contribution is -2.15. The zero-order chi connectivity index (χ0) is 13.0. The van der Waals surface area contributed by atoms with E-state index in [1.807, 2.05) is 25.1 Å². The highest BCUT2D eigenvalue weighted by atomic mass is 19.1. The van der Waals surface area contributed by atoms with Gasteiger partial charge in [0.1, 0.15) is 5.82 Å². The molecule has 0 saturated carbocycles. The maximum absolute atomic E-state index is 13.1. The Morgan fingerprint density at radius 2 is 2.06 bits per heavy atom. The van der Waals surface area contributed by atoms with Crippen molar-refractivity contribution in [3.63, 3.8) is 0 Å². The van der Waals surface area contributed by atoms with E-state index in [1.54, 1.807) is 12.3 Å². The molecule has 0 saturated heterocycles. The van der Waals surface area contributed by atoms with Crippen LogP contribution in [0.3, 0.4) is 0 Å². The molecule has 0 bridgehead atoms. The molecular formula is C15H16FNO. The van der Waals surface area contributed by atoms with Gasteiger partial charge in [-0.05, 0) is 48.7 Å². The van der Waals surface area contributed by atoms with Crippen molar-refractivity contribution in [1.29, 1.82) is 0 Å². The van der Waals surface area contributed by atoms with Gasteiger partial charge in [-0.1, -0.05) is 12.1 Å². The molecule has 18 heavy (non-hydrogen) atoms.